The molecule has 0 aromatic carbocycles. The molecule has 4 nitrogen and oxygen atoms in total. The SMILES string of the molecule is Nc1cc(NCC2CCCC(O)C2)sn1. The number of nitrogens with one attached hydrogen (secondary N) is 1. The molecule has 15 heavy (non-hydrogen) atoms. The molecule has 0 aliphatic heterocycles. The van der Waals surface area contributed by atoms with Gasteiger partial charge >= 0.3 is 0 Å². The summed E-state index contributed by atoms with van der Waals surface area (Å²) in [7, 11) is 0. The average molecular weight is 227 g/mol. The van der Waals surface area contributed by atoms with E-state index in [1.165, 1.54) is 18.0 Å². The highest BCUT2D eigenvalue weighted by atomic mass is 32.1. The Kier molecular flexibility index (Phi) is 3.43. The maximum atomic E-state index is 9.52. The maximum Gasteiger partial charge on any atom is 0.139 e. The van der Waals surface area contributed by atoms with Crippen LogP contribution in [-0.2, 0) is 0 Å². The van der Waals surface area contributed by atoms with Gasteiger partial charge in [0, 0.05) is 12.6 Å². The van der Waals surface area contributed by atoms with E-state index in [0.717, 1.165) is 30.8 Å². The van der Waals surface area contributed by atoms with Crippen molar-refractivity contribution in [3.8, 4) is 0 Å². The molecule has 84 valence electrons. The molecule has 1 aliphatic rings. The molecule has 2 rings (SSSR count). The first-order chi connectivity index (χ1) is 7.24. The highest BCUT2D eigenvalue weighted by molar-refractivity contribution is 7.10. The summed E-state index contributed by atoms with van der Waals surface area (Å²) < 4.78 is 4.00. The van der Waals surface area contributed by atoms with Crippen molar-refractivity contribution in [1.29, 1.82) is 0 Å². The molecule has 2 unspecified atom stereocenters. The predicted molar refractivity (Wildman–Crippen MR) is 63.0 cm³/mol. The van der Waals surface area contributed by atoms with E-state index in [1.54, 1.807) is 0 Å². The fraction of sp³-hybridized carbons (Fsp3) is 0.700. The van der Waals surface area contributed by atoms with E-state index in [-0.39, 0.29) is 6.10 Å². The minimum Gasteiger partial charge on any atom is -0.393 e. The second-order valence-electron chi connectivity index (χ2n) is 4.18. The summed E-state index contributed by atoms with van der Waals surface area (Å²) in [5, 5.41) is 13.9. The van der Waals surface area contributed by atoms with E-state index in [2.05, 4.69) is 9.69 Å². The molecule has 0 saturated heterocycles. The largest absolute Gasteiger partial charge is 0.393 e. The Hall–Kier alpha value is -0.810. The summed E-state index contributed by atoms with van der Waals surface area (Å²) in [5.41, 5.74) is 5.53. The molecule has 0 radical (unpaired) electrons. The van der Waals surface area contributed by atoms with Crippen molar-refractivity contribution in [1.82, 2.24) is 4.37 Å². The summed E-state index contributed by atoms with van der Waals surface area (Å²) in [6.07, 6.45) is 4.12. The summed E-state index contributed by atoms with van der Waals surface area (Å²) in [6, 6.07) is 1.85. The van der Waals surface area contributed by atoms with Crippen LogP contribution in [-0.4, -0.2) is 22.1 Å². The van der Waals surface area contributed by atoms with Crippen molar-refractivity contribution in [2.75, 3.05) is 17.6 Å². The summed E-state index contributed by atoms with van der Waals surface area (Å²) in [4.78, 5) is 0. The molecule has 1 saturated carbocycles. The van der Waals surface area contributed by atoms with Gasteiger partial charge in [0.05, 0.1) is 6.10 Å². The lowest BCUT2D eigenvalue weighted by Gasteiger charge is -2.25. The molecule has 0 spiro atoms. The molecule has 5 heteroatoms. The summed E-state index contributed by atoms with van der Waals surface area (Å²) >= 11 is 1.39. The fourth-order valence-electron chi connectivity index (χ4n) is 2.07. The third-order valence-electron chi connectivity index (χ3n) is 2.85. The minimum atomic E-state index is -0.0999. The van der Waals surface area contributed by atoms with E-state index in [9.17, 15) is 5.11 Å². The van der Waals surface area contributed by atoms with Crippen molar-refractivity contribution < 1.29 is 5.11 Å². The van der Waals surface area contributed by atoms with Crippen molar-refractivity contribution in [3.05, 3.63) is 6.07 Å². The number of aromatic nitrogens is 1. The Morgan fingerprint density at radius 3 is 3.13 bits per heavy atom. The molecule has 2 atom stereocenters. The first-order valence-corrected chi connectivity index (χ1v) is 6.15. The van der Waals surface area contributed by atoms with Crippen LogP contribution in [0.1, 0.15) is 25.7 Å². The molecule has 4 N–H and O–H groups in total. The van der Waals surface area contributed by atoms with Crippen LogP contribution in [0.25, 0.3) is 0 Å². The van der Waals surface area contributed by atoms with Crippen LogP contribution in [0, 0.1) is 5.92 Å². The highest BCUT2D eigenvalue weighted by Gasteiger charge is 2.19. The van der Waals surface area contributed by atoms with E-state index in [1.807, 2.05) is 6.07 Å². The number of nitrogen functional groups attached to an aromatic ring is 1. The Morgan fingerprint density at radius 1 is 1.60 bits per heavy atom. The number of nitrogens with two attached hydrogens (primary N) is 1. The third kappa shape index (κ3) is 3.07. The molecule has 1 fully saturated rings. The predicted octanol–water partition coefficient (Wildman–Crippen LogP) is 1.69. The van der Waals surface area contributed by atoms with E-state index < -0.39 is 0 Å². The molecule has 0 bridgehead atoms. The normalized spacial score (nSPS) is 26.5. The Labute approximate surface area is 93.7 Å². The Balaban J connectivity index is 1.77. The van der Waals surface area contributed by atoms with Crippen LogP contribution >= 0.6 is 11.5 Å². The van der Waals surface area contributed by atoms with Crippen LogP contribution in [0.4, 0.5) is 10.8 Å². The lowest BCUT2D eigenvalue weighted by molar-refractivity contribution is 0.105. The van der Waals surface area contributed by atoms with Gasteiger partial charge in [0.1, 0.15) is 10.8 Å². The van der Waals surface area contributed by atoms with Gasteiger partial charge in [-0.05, 0) is 36.7 Å². The van der Waals surface area contributed by atoms with Gasteiger partial charge in [-0.2, -0.15) is 4.37 Å². The van der Waals surface area contributed by atoms with Crippen molar-refractivity contribution in [2.45, 2.75) is 31.8 Å². The van der Waals surface area contributed by atoms with Gasteiger partial charge in [-0.15, -0.1) is 0 Å². The first-order valence-electron chi connectivity index (χ1n) is 5.38. The third-order valence-corrected chi connectivity index (χ3v) is 3.61. The molecular formula is C10H17N3OS. The number of rotatable bonds is 3. The molecule has 1 aliphatic carbocycles. The van der Waals surface area contributed by atoms with Gasteiger partial charge in [-0.25, -0.2) is 0 Å². The Bertz CT molecular complexity index is 315. The molecule has 1 aromatic rings. The van der Waals surface area contributed by atoms with Crippen LogP contribution in [0.5, 0.6) is 0 Å². The smallest absolute Gasteiger partial charge is 0.139 e. The molecule has 1 heterocycles. The van der Waals surface area contributed by atoms with Gasteiger partial charge in [0.2, 0.25) is 0 Å². The number of aliphatic hydroxyl groups excluding tert-OH is 1. The van der Waals surface area contributed by atoms with Gasteiger partial charge in [0.15, 0.2) is 0 Å². The lowest BCUT2D eigenvalue weighted by Crippen LogP contribution is -2.24. The second-order valence-corrected chi connectivity index (χ2v) is 4.99. The number of hydrogen-bond donors (Lipinski definition) is 3. The molecule has 0 amide bonds. The highest BCUT2D eigenvalue weighted by Crippen LogP contribution is 2.25. The number of nitrogens with zero attached hydrogens (tertiary/aromatic N) is 1. The number of hydrogen-bond acceptors (Lipinski definition) is 5. The zero-order valence-electron chi connectivity index (χ0n) is 8.65. The zero-order valence-corrected chi connectivity index (χ0v) is 9.46. The quantitative estimate of drug-likeness (QED) is 0.735. The topological polar surface area (TPSA) is 71.2 Å². The van der Waals surface area contributed by atoms with Crippen molar-refractivity contribution in [3.63, 3.8) is 0 Å². The maximum absolute atomic E-state index is 9.52. The monoisotopic (exact) mass is 227 g/mol. The second kappa shape index (κ2) is 4.81. The van der Waals surface area contributed by atoms with Gasteiger partial charge in [0.25, 0.3) is 0 Å². The minimum absolute atomic E-state index is 0.0999. The van der Waals surface area contributed by atoms with E-state index in [0.29, 0.717) is 11.7 Å². The summed E-state index contributed by atoms with van der Waals surface area (Å²) in [6.45, 7) is 0.915. The van der Waals surface area contributed by atoms with Crippen molar-refractivity contribution in [2.24, 2.45) is 5.92 Å². The lowest BCUT2D eigenvalue weighted by atomic mass is 9.87. The van der Waals surface area contributed by atoms with Gasteiger partial charge < -0.3 is 16.2 Å². The van der Waals surface area contributed by atoms with Gasteiger partial charge in [-0.1, -0.05) is 6.42 Å². The average Bonchev–Trinajstić information content (AvgIpc) is 2.62. The Morgan fingerprint density at radius 2 is 2.47 bits per heavy atom. The fourth-order valence-corrected chi connectivity index (χ4v) is 2.64. The number of anilines is 2. The van der Waals surface area contributed by atoms with Crippen LogP contribution in [0.3, 0.4) is 0 Å². The van der Waals surface area contributed by atoms with Crippen molar-refractivity contribution >= 4 is 22.4 Å². The first kappa shape index (κ1) is 10.7. The molecule has 1 aromatic heterocycles. The molecular weight excluding hydrogens is 210 g/mol. The van der Waals surface area contributed by atoms with E-state index in [4.69, 9.17) is 5.73 Å². The van der Waals surface area contributed by atoms with Crippen LogP contribution < -0.4 is 11.1 Å². The standard InChI is InChI=1S/C10H17N3OS/c11-9-5-10(15-13-9)12-6-7-2-1-3-8(14)4-7/h5,7-8,12,14H,1-4,6H2,(H2,11,13). The zero-order chi connectivity index (χ0) is 10.7. The van der Waals surface area contributed by atoms with E-state index >= 15 is 0 Å². The van der Waals surface area contributed by atoms with Crippen LogP contribution in [0.15, 0.2) is 6.07 Å². The summed E-state index contributed by atoms with van der Waals surface area (Å²) in [5.74, 6) is 1.16. The van der Waals surface area contributed by atoms with Gasteiger partial charge in [-0.3, -0.25) is 0 Å². The number of aliphatic hydroxyl groups is 1. The van der Waals surface area contributed by atoms with Crippen LogP contribution in [0.2, 0.25) is 0 Å².